The fourth-order valence-corrected chi connectivity index (χ4v) is 4.07. The van der Waals surface area contributed by atoms with Gasteiger partial charge in [-0.25, -0.2) is 0 Å². The molecule has 148 valence electrons. The van der Waals surface area contributed by atoms with Gasteiger partial charge in [0.1, 0.15) is 6.54 Å². The Labute approximate surface area is 179 Å². The van der Waals surface area contributed by atoms with Crippen LogP contribution in [0.1, 0.15) is 11.1 Å². The second kappa shape index (κ2) is 7.92. The van der Waals surface area contributed by atoms with E-state index in [0.717, 1.165) is 22.2 Å². The number of nitrogens with zero attached hydrogens (tertiary/aromatic N) is 1. The number of thioether (sulfide) groups is 1. The van der Waals surface area contributed by atoms with Crippen LogP contribution in [0, 0.1) is 6.92 Å². The van der Waals surface area contributed by atoms with E-state index in [0.29, 0.717) is 27.2 Å². The fourth-order valence-electron chi connectivity index (χ4n) is 2.80. The molecule has 0 aliphatic carbocycles. The van der Waals surface area contributed by atoms with E-state index in [1.165, 1.54) is 0 Å². The van der Waals surface area contributed by atoms with Crippen molar-refractivity contribution in [2.75, 3.05) is 18.7 Å². The van der Waals surface area contributed by atoms with Crippen LogP contribution in [-0.4, -0.2) is 35.3 Å². The largest absolute Gasteiger partial charge is 0.454 e. The number of hydrogen-bond acceptors (Lipinski definition) is 6. The van der Waals surface area contributed by atoms with E-state index in [-0.39, 0.29) is 18.2 Å². The minimum Gasteiger partial charge on any atom is -0.454 e. The van der Waals surface area contributed by atoms with E-state index in [1.54, 1.807) is 30.3 Å². The van der Waals surface area contributed by atoms with E-state index >= 15 is 0 Å². The first-order valence-corrected chi connectivity index (χ1v) is 10.2. The first kappa shape index (κ1) is 19.5. The molecule has 2 aromatic carbocycles. The van der Waals surface area contributed by atoms with Crippen LogP contribution in [0.25, 0.3) is 6.08 Å². The lowest BCUT2D eigenvalue weighted by Crippen LogP contribution is -2.36. The van der Waals surface area contributed by atoms with E-state index in [2.05, 4.69) is 21.2 Å². The topological polar surface area (TPSA) is 84.9 Å². The molecule has 2 aromatic rings. The van der Waals surface area contributed by atoms with Gasteiger partial charge in [0.2, 0.25) is 12.7 Å². The lowest BCUT2D eigenvalue weighted by molar-refractivity contribution is -0.127. The van der Waals surface area contributed by atoms with Gasteiger partial charge in [-0.05, 0) is 54.6 Å². The summed E-state index contributed by atoms with van der Waals surface area (Å²) in [6, 6.07) is 10.7. The number of nitrogens with one attached hydrogen (secondary N) is 1. The zero-order chi connectivity index (χ0) is 20.5. The highest BCUT2D eigenvalue weighted by Gasteiger charge is 2.36. The van der Waals surface area contributed by atoms with Gasteiger partial charge in [-0.1, -0.05) is 33.6 Å². The minimum atomic E-state index is -0.511. The van der Waals surface area contributed by atoms with Crippen molar-refractivity contribution >= 4 is 56.5 Å². The number of carbonyl (C=O) groups excluding carboxylic acids is 3. The van der Waals surface area contributed by atoms with Crippen LogP contribution in [0.3, 0.4) is 0 Å². The highest BCUT2D eigenvalue weighted by atomic mass is 79.9. The van der Waals surface area contributed by atoms with Gasteiger partial charge in [0.25, 0.3) is 11.1 Å². The number of halogens is 1. The quantitative estimate of drug-likeness (QED) is 0.669. The van der Waals surface area contributed by atoms with E-state index in [1.807, 2.05) is 19.1 Å². The summed E-state index contributed by atoms with van der Waals surface area (Å²) in [7, 11) is 0. The van der Waals surface area contributed by atoms with Gasteiger partial charge in [0, 0.05) is 10.2 Å². The molecule has 1 N–H and O–H groups in total. The third-order valence-electron chi connectivity index (χ3n) is 4.29. The summed E-state index contributed by atoms with van der Waals surface area (Å²) >= 11 is 4.22. The third kappa shape index (κ3) is 4.15. The van der Waals surface area contributed by atoms with E-state index in [9.17, 15) is 14.4 Å². The van der Waals surface area contributed by atoms with Crippen molar-refractivity contribution in [3.8, 4) is 11.5 Å². The smallest absolute Gasteiger partial charge is 0.294 e. The molecule has 0 radical (unpaired) electrons. The third-order valence-corrected chi connectivity index (χ3v) is 5.88. The molecule has 1 fully saturated rings. The van der Waals surface area contributed by atoms with Crippen molar-refractivity contribution in [3.63, 3.8) is 0 Å². The summed E-state index contributed by atoms with van der Waals surface area (Å²) < 4.78 is 11.4. The predicted molar refractivity (Wildman–Crippen MR) is 113 cm³/mol. The second-order valence-corrected chi connectivity index (χ2v) is 8.26. The van der Waals surface area contributed by atoms with Gasteiger partial charge in [-0.3, -0.25) is 19.3 Å². The van der Waals surface area contributed by atoms with E-state index < -0.39 is 17.1 Å². The first-order valence-electron chi connectivity index (χ1n) is 8.62. The highest BCUT2D eigenvalue weighted by Crippen LogP contribution is 2.39. The molecule has 0 atom stereocenters. The molecular formula is C20H15BrN2O5S. The molecule has 7 nitrogen and oxygen atoms in total. The summed E-state index contributed by atoms with van der Waals surface area (Å²) in [6.07, 6.45) is 1.59. The Morgan fingerprint density at radius 3 is 2.62 bits per heavy atom. The number of fused-ring (bicyclic) bond motifs is 1. The molecule has 9 heteroatoms. The van der Waals surface area contributed by atoms with Crippen LogP contribution < -0.4 is 14.8 Å². The molecule has 0 saturated carbocycles. The SMILES string of the molecule is Cc1ccc(NC(=O)CN2C(=O)SC(=Cc3cc4c(cc3Br)OCO4)C2=O)cc1. The van der Waals surface area contributed by atoms with Gasteiger partial charge in [-0.15, -0.1) is 0 Å². The Kier molecular flexibility index (Phi) is 5.33. The van der Waals surface area contributed by atoms with Gasteiger partial charge < -0.3 is 14.8 Å². The number of anilines is 1. The van der Waals surface area contributed by atoms with Crippen LogP contribution in [0.2, 0.25) is 0 Å². The number of aryl methyl sites for hydroxylation is 1. The van der Waals surface area contributed by atoms with Crippen LogP contribution in [0.4, 0.5) is 10.5 Å². The molecule has 2 aliphatic heterocycles. The van der Waals surface area contributed by atoms with Gasteiger partial charge in [0.05, 0.1) is 4.91 Å². The summed E-state index contributed by atoms with van der Waals surface area (Å²) in [4.78, 5) is 38.4. The molecule has 4 rings (SSSR count). The monoisotopic (exact) mass is 474 g/mol. The van der Waals surface area contributed by atoms with Crippen molar-refractivity contribution in [2.45, 2.75) is 6.92 Å². The number of ether oxygens (including phenoxy) is 2. The number of amides is 3. The minimum absolute atomic E-state index is 0.137. The standard InChI is InChI=1S/C20H15BrN2O5S/c1-11-2-4-13(5-3-11)22-18(24)9-23-19(25)17(29-20(23)26)7-12-6-15-16(8-14(12)21)28-10-27-15/h2-8H,9-10H2,1H3,(H,22,24). The Morgan fingerprint density at radius 2 is 1.90 bits per heavy atom. The molecular weight excluding hydrogens is 460 g/mol. The molecule has 0 aromatic heterocycles. The van der Waals surface area contributed by atoms with Crippen LogP contribution in [-0.2, 0) is 9.59 Å². The summed E-state index contributed by atoms with van der Waals surface area (Å²) in [6.45, 7) is 1.73. The maximum Gasteiger partial charge on any atom is 0.294 e. The summed E-state index contributed by atoms with van der Waals surface area (Å²) in [5.74, 6) is 0.219. The molecule has 2 aliphatic rings. The van der Waals surface area contributed by atoms with Crippen molar-refractivity contribution in [1.29, 1.82) is 0 Å². The van der Waals surface area contributed by atoms with Gasteiger partial charge in [-0.2, -0.15) is 0 Å². The Balaban J connectivity index is 1.48. The van der Waals surface area contributed by atoms with Crippen molar-refractivity contribution in [1.82, 2.24) is 4.90 Å². The Morgan fingerprint density at radius 1 is 1.21 bits per heavy atom. The fraction of sp³-hybridized carbons (Fsp3) is 0.150. The van der Waals surface area contributed by atoms with Gasteiger partial charge >= 0.3 is 0 Å². The summed E-state index contributed by atoms with van der Waals surface area (Å²) in [5, 5.41) is 2.20. The lowest BCUT2D eigenvalue weighted by atomic mass is 10.2. The number of hydrogen-bond donors (Lipinski definition) is 1. The van der Waals surface area contributed by atoms with Crippen molar-refractivity contribution in [2.24, 2.45) is 0 Å². The molecule has 3 amide bonds. The average Bonchev–Trinajstić information content (AvgIpc) is 3.23. The number of benzene rings is 2. The molecule has 29 heavy (non-hydrogen) atoms. The molecule has 1 saturated heterocycles. The van der Waals surface area contributed by atoms with Crippen LogP contribution in [0.15, 0.2) is 45.8 Å². The maximum absolute atomic E-state index is 12.7. The van der Waals surface area contributed by atoms with Crippen molar-refractivity contribution < 1.29 is 23.9 Å². The predicted octanol–water partition coefficient (Wildman–Crippen LogP) is 4.16. The average molecular weight is 475 g/mol. The molecule has 0 spiro atoms. The Bertz CT molecular complexity index is 1050. The molecule has 2 heterocycles. The van der Waals surface area contributed by atoms with Gasteiger partial charge in [0.15, 0.2) is 11.5 Å². The van der Waals surface area contributed by atoms with E-state index in [4.69, 9.17) is 9.47 Å². The Hall–Kier alpha value is -2.78. The molecule has 0 unspecified atom stereocenters. The zero-order valence-corrected chi connectivity index (χ0v) is 17.6. The van der Waals surface area contributed by atoms with Crippen LogP contribution >= 0.6 is 27.7 Å². The second-order valence-electron chi connectivity index (χ2n) is 6.41. The maximum atomic E-state index is 12.7. The molecule has 0 bridgehead atoms. The summed E-state index contributed by atoms with van der Waals surface area (Å²) in [5.41, 5.74) is 2.34. The number of imide groups is 1. The van der Waals surface area contributed by atoms with Crippen LogP contribution in [0.5, 0.6) is 11.5 Å². The zero-order valence-electron chi connectivity index (χ0n) is 15.2. The van der Waals surface area contributed by atoms with Crippen molar-refractivity contribution in [3.05, 3.63) is 56.9 Å². The highest BCUT2D eigenvalue weighted by molar-refractivity contribution is 9.10. The first-order chi connectivity index (χ1) is 13.9. The normalized spacial score (nSPS) is 16.6. The lowest BCUT2D eigenvalue weighted by Gasteiger charge is -2.12. The number of carbonyl (C=O) groups is 3. The number of rotatable bonds is 4.